The number of carbonyl (C=O) groups is 1. The zero-order chi connectivity index (χ0) is 21.5. The zero-order valence-electron chi connectivity index (χ0n) is 16.6. The van der Waals surface area contributed by atoms with Gasteiger partial charge in [-0.05, 0) is 29.8 Å². The molecule has 0 saturated carbocycles. The normalized spacial score (nSPS) is 11.5. The second kappa shape index (κ2) is 9.48. The second-order valence-electron chi connectivity index (χ2n) is 6.79. The molecule has 4 aromatic rings. The van der Waals surface area contributed by atoms with Gasteiger partial charge in [0.1, 0.15) is 11.6 Å². The molecule has 0 fully saturated rings. The lowest BCUT2D eigenvalue weighted by Gasteiger charge is -2.19. The molecule has 2 heterocycles. The van der Waals surface area contributed by atoms with Crippen molar-refractivity contribution in [2.75, 3.05) is 11.9 Å². The molecular formula is C24H20N6O. The molecule has 2 aromatic heterocycles. The van der Waals surface area contributed by atoms with E-state index in [1.165, 1.54) is 6.20 Å². The van der Waals surface area contributed by atoms with Gasteiger partial charge in [0.05, 0.1) is 30.2 Å². The number of hydrogen-bond acceptors (Lipinski definition) is 5. The molecule has 0 bridgehead atoms. The number of nitrogens with one attached hydrogen (secondary N) is 2. The summed E-state index contributed by atoms with van der Waals surface area (Å²) in [4.78, 5) is 17.2. The number of pyridine rings is 1. The van der Waals surface area contributed by atoms with E-state index in [4.69, 9.17) is 0 Å². The van der Waals surface area contributed by atoms with Crippen LogP contribution in [-0.4, -0.2) is 27.2 Å². The van der Waals surface area contributed by atoms with E-state index >= 15 is 0 Å². The van der Waals surface area contributed by atoms with Crippen LogP contribution >= 0.6 is 0 Å². The molecule has 0 saturated heterocycles. The first kappa shape index (κ1) is 20.0. The van der Waals surface area contributed by atoms with Crippen molar-refractivity contribution in [2.24, 2.45) is 0 Å². The highest BCUT2D eigenvalue weighted by Crippen LogP contribution is 2.21. The predicted octanol–water partition coefficient (Wildman–Crippen LogP) is 3.46. The minimum absolute atomic E-state index is 0.0287. The van der Waals surface area contributed by atoms with E-state index in [9.17, 15) is 10.1 Å². The molecular weight excluding hydrogens is 388 g/mol. The number of nitriles is 1. The number of rotatable bonds is 7. The van der Waals surface area contributed by atoms with E-state index in [0.29, 0.717) is 11.4 Å². The Balaban J connectivity index is 1.53. The van der Waals surface area contributed by atoms with Crippen LogP contribution in [0.1, 0.15) is 22.9 Å². The van der Waals surface area contributed by atoms with Gasteiger partial charge in [-0.3, -0.25) is 15.1 Å². The summed E-state index contributed by atoms with van der Waals surface area (Å²) < 4.78 is 1.55. The van der Waals surface area contributed by atoms with Crippen molar-refractivity contribution in [1.82, 2.24) is 20.1 Å². The average Bonchev–Trinajstić information content (AvgIpc) is 3.23. The maximum absolute atomic E-state index is 12.8. The number of aromatic nitrogens is 3. The molecule has 2 aromatic carbocycles. The van der Waals surface area contributed by atoms with E-state index < -0.39 is 0 Å². The Kier molecular flexibility index (Phi) is 6.12. The lowest BCUT2D eigenvalue weighted by Crippen LogP contribution is -2.33. The van der Waals surface area contributed by atoms with Crippen molar-refractivity contribution < 1.29 is 4.79 Å². The molecule has 31 heavy (non-hydrogen) atoms. The third kappa shape index (κ3) is 4.66. The summed E-state index contributed by atoms with van der Waals surface area (Å²) in [5.74, 6) is 0.0561. The number of amides is 1. The first-order chi connectivity index (χ1) is 15.3. The summed E-state index contributed by atoms with van der Waals surface area (Å²) in [7, 11) is 0. The van der Waals surface area contributed by atoms with Crippen molar-refractivity contribution in [3.8, 4) is 11.8 Å². The Hall–Kier alpha value is -4.28. The molecule has 0 radical (unpaired) electrons. The van der Waals surface area contributed by atoms with Crippen LogP contribution < -0.4 is 10.6 Å². The van der Waals surface area contributed by atoms with Gasteiger partial charge in [0.2, 0.25) is 5.91 Å². The van der Waals surface area contributed by atoms with Gasteiger partial charge in [-0.25, -0.2) is 4.68 Å². The number of carbonyl (C=O) groups excluding carboxylic acids is 1. The summed E-state index contributed by atoms with van der Waals surface area (Å²) in [6.07, 6.45) is 3.17. The van der Waals surface area contributed by atoms with Gasteiger partial charge in [-0.1, -0.05) is 54.6 Å². The largest absolute Gasteiger partial charge is 0.308 e. The number of benzene rings is 2. The van der Waals surface area contributed by atoms with E-state index in [1.807, 2.05) is 78.9 Å². The fraction of sp³-hybridized carbons (Fsp3) is 0.0833. The molecule has 0 aliphatic heterocycles. The monoisotopic (exact) mass is 408 g/mol. The van der Waals surface area contributed by atoms with E-state index in [-0.39, 0.29) is 18.5 Å². The van der Waals surface area contributed by atoms with Crippen LogP contribution in [-0.2, 0) is 4.79 Å². The van der Waals surface area contributed by atoms with Crippen LogP contribution in [0.15, 0.2) is 91.3 Å². The van der Waals surface area contributed by atoms with Crippen LogP contribution in [0.4, 0.5) is 5.82 Å². The van der Waals surface area contributed by atoms with Gasteiger partial charge >= 0.3 is 0 Å². The second-order valence-corrected chi connectivity index (χ2v) is 6.79. The Bertz CT molecular complexity index is 1140. The van der Waals surface area contributed by atoms with Crippen molar-refractivity contribution in [3.05, 3.63) is 108 Å². The lowest BCUT2D eigenvalue weighted by atomic mass is 10.0. The quantitative estimate of drug-likeness (QED) is 0.488. The Morgan fingerprint density at radius 1 is 1.00 bits per heavy atom. The first-order valence-electron chi connectivity index (χ1n) is 9.79. The fourth-order valence-electron chi connectivity index (χ4n) is 3.27. The molecule has 2 N–H and O–H groups in total. The van der Waals surface area contributed by atoms with Gasteiger partial charge in [-0.2, -0.15) is 10.4 Å². The smallest absolute Gasteiger partial charge is 0.239 e. The number of para-hydroxylation sites is 1. The molecule has 1 unspecified atom stereocenters. The molecule has 152 valence electrons. The number of nitrogens with zero attached hydrogens (tertiary/aromatic N) is 4. The molecule has 0 spiro atoms. The Labute approximate surface area is 180 Å². The zero-order valence-corrected chi connectivity index (χ0v) is 16.6. The minimum Gasteiger partial charge on any atom is -0.308 e. The highest BCUT2D eigenvalue weighted by Gasteiger charge is 2.18. The molecule has 1 atom stereocenters. The Morgan fingerprint density at radius 2 is 1.71 bits per heavy atom. The molecule has 1 amide bonds. The van der Waals surface area contributed by atoms with Crippen LogP contribution in [0.3, 0.4) is 0 Å². The van der Waals surface area contributed by atoms with Crippen molar-refractivity contribution in [3.63, 3.8) is 0 Å². The predicted molar refractivity (Wildman–Crippen MR) is 117 cm³/mol. The van der Waals surface area contributed by atoms with Gasteiger partial charge in [0.15, 0.2) is 5.82 Å². The van der Waals surface area contributed by atoms with Gasteiger partial charge in [0.25, 0.3) is 0 Å². The maximum Gasteiger partial charge on any atom is 0.239 e. The van der Waals surface area contributed by atoms with Crippen molar-refractivity contribution >= 4 is 11.7 Å². The van der Waals surface area contributed by atoms with E-state index in [1.54, 1.807) is 10.9 Å². The van der Waals surface area contributed by atoms with Crippen molar-refractivity contribution in [2.45, 2.75) is 6.04 Å². The Morgan fingerprint density at radius 3 is 2.39 bits per heavy atom. The first-order valence-corrected chi connectivity index (χ1v) is 9.79. The average molecular weight is 408 g/mol. The molecule has 0 aliphatic carbocycles. The van der Waals surface area contributed by atoms with Gasteiger partial charge < -0.3 is 5.32 Å². The molecule has 7 heteroatoms. The van der Waals surface area contributed by atoms with Crippen LogP contribution in [0.2, 0.25) is 0 Å². The standard InChI is InChI=1S/C24H20N6O/c25-15-19-16-28-30(20-11-5-2-6-12-20)24(19)29-22(31)17-27-23(18-9-3-1-4-10-18)21-13-7-8-14-26-21/h1-14,16,23,27H,17H2,(H,29,31). The molecule has 0 aliphatic rings. The summed E-state index contributed by atoms with van der Waals surface area (Å²) in [5, 5.41) is 19.8. The van der Waals surface area contributed by atoms with Crippen LogP contribution in [0, 0.1) is 11.3 Å². The summed E-state index contributed by atoms with van der Waals surface area (Å²) in [5.41, 5.74) is 2.86. The summed E-state index contributed by atoms with van der Waals surface area (Å²) in [6.45, 7) is 0.0287. The van der Waals surface area contributed by atoms with Crippen LogP contribution in [0.25, 0.3) is 5.69 Å². The van der Waals surface area contributed by atoms with Crippen molar-refractivity contribution in [1.29, 1.82) is 5.26 Å². The topological polar surface area (TPSA) is 95.6 Å². The number of anilines is 1. The summed E-state index contributed by atoms with van der Waals surface area (Å²) in [6, 6.07) is 26.7. The van der Waals surface area contributed by atoms with Gasteiger partial charge in [0, 0.05) is 6.20 Å². The summed E-state index contributed by atoms with van der Waals surface area (Å²) >= 11 is 0. The highest BCUT2D eigenvalue weighted by atomic mass is 16.2. The third-order valence-corrected chi connectivity index (χ3v) is 4.73. The molecule has 7 nitrogen and oxygen atoms in total. The fourth-order valence-corrected chi connectivity index (χ4v) is 3.27. The van der Waals surface area contributed by atoms with Gasteiger partial charge in [-0.15, -0.1) is 0 Å². The lowest BCUT2D eigenvalue weighted by molar-refractivity contribution is -0.115. The maximum atomic E-state index is 12.8. The van der Waals surface area contributed by atoms with E-state index in [0.717, 1.165) is 16.9 Å². The van der Waals surface area contributed by atoms with Crippen LogP contribution in [0.5, 0.6) is 0 Å². The highest BCUT2D eigenvalue weighted by molar-refractivity contribution is 5.93. The molecule has 4 rings (SSSR count). The SMILES string of the molecule is N#Cc1cnn(-c2ccccc2)c1NC(=O)CNC(c1ccccc1)c1ccccn1. The minimum atomic E-state index is -0.286. The van der Waals surface area contributed by atoms with E-state index in [2.05, 4.69) is 26.8 Å². The third-order valence-electron chi connectivity index (χ3n) is 4.73. The number of hydrogen-bond donors (Lipinski definition) is 2.